The zero-order chi connectivity index (χ0) is 17.8. The molecule has 0 radical (unpaired) electrons. The van der Waals surface area contributed by atoms with Crippen molar-refractivity contribution < 1.29 is 9.18 Å². The van der Waals surface area contributed by atoms with Gasteiger partial charge in [-0.15, -0.1) is 0 Å². The van der Waals surface area contributed by atoms with Crippen molar-refractivity contribution in [2.45, 2.75) is 19.4 Å². The van der Waals surface area contributed by atoms with Crippen molar-refractivity contribution in [3.05, 3.63) is 71.5 Å². The van der Waals surface area contributed by atoms with Crippen LogP contribution in [0.1, 0.15) is 30.5 Å². The lowest BCUT2D eigenvalue weighted by molar-refractivity contribution is -0.133. The molecule has 1 amide bonds. The Morgan fingerprint density at radius 1 is 1.20 bits per heavy atom. The Labute approximate surface area is 147 Å². The third-order valence-electron chi connectivity index (χ3n) is 4.47. The van der Waals surface area contributed by atoms with Crippen LogP contribution in [0.4, 0.5) is 4.39 Å². The molecular formula is C20H22FN3O. The highest BCUT2D eigenvalue weighted by atomic mass is 19.1. The van der Waals surface area contributed by atoms with Crippen LogP contribution in [0.2, 0.25) is 0 Å². The van der Waals surface area contributed by atoms with Gasteiger partial charge < -0.3 is 0 Å². The van der Waals surface area contributed by atoms with Crippen molar-refractivity contribution in [1.82, 2.24) is 9.91 Å². The molecule has 0 fully saturated rings. The number of hydrogen-bond acceptors (Lipinski definition) is 3. The molecule has 0 saturated carbocycles. The zero-order valence-electron chi connectivity index (χ0n) is 14.5. The second kappa shape index (κ2) is 7.57. The minimum Gasteiger partial charge on any atom is -0.298 e. The summed E-state index contributed by atoms with van der Waals surface area (Å²) in [4.78, 5) is 14.7. The smallest absolute Gasteiger partial charge is 0.257 e. The molecule has 2 aromatic carbocycles. The van der Waals surface area contributed by atoms with E-state index in [0.717, 1.165) is 23.4 Å². The highest BCUT2D eigenvalue weighted by molar-refractivity contribution is 6.03. The van der Waals surface area contributed by atoms with Crippen LogP contribution < -0.4 is 0 Å². The summed E-state index contributed by atoms with van der Waals surface area (Å²) < 4.78 is 13.3. The lowest BCUT2D eigenvalue weighted by atomic mass is 9.98. The summed E-state index contributed by atoms with van der Waals surface area (Å²) in [6.07, 6.45) is 0.622. The zero-order valence-corrected chi connectivity index (χ0v) is 14.5. The molecule has 1 atom stereocenters. The highest BCUT2D eigenvalue weighted by Gasteiger charge is 2.33. The summed E-state index contributed by atoms with van der Waals surface area (Å²) in [7, 11) is 1.91. The van der Waals surface area contributed by atoms with Gasteiger partial charge in [-0.25, -0.2) is 9.40 Å². The number of nitrogens with zero attached hydrogens (tertiary/aromatic N) is 3. The van der Waals surface area contributed by atoms with E-state index in [1.165, 1.54) is 12.1 Å². The maximum absolute atomic E-state index is 13.3. The molecule has 3 rings (SSSR count). The molecule has 0 aromatic heterocycles. The number of carbonyl (C=O) groups excluding carboxylic acids is 1. The van der Waals surface area contributed by atoms with Crippen LogP contribution in [0, 0.1) is 5.82 Å². The molecule has 1 aliphatic rings. The molecule has 130 valence electrons. The first kappa shape index (κ1) is 17.3. The molecule has 1 aliphatic heterocycles. The average Bonchev–Trinajstić information content (AvgIpc) is 3.08. The van der Waals surface area contributed by atoms with Gasteiger partial charge in [0.05, 0.1) is 18.3 Å². The molecular weight excluding hydrogens is 317 g/mol. The first-order chi connectivity index (χ1) is 12.1. The largest absolute Gasteiger partial charge is 0.298 e. The molecule has 0 bridgehead atoms. The van der Waals surface area contributed by atoms with E-state index in [4.69, 9.17) is 0 Å². The maximum atomic E-state index is 13.3. The van der Waals surface area contributed by atoms with Crippen LogP contribution in [0.3, 0.4) is 0 Å². The summed E-state index contributed by atoms with van der Waals surface area (Å²) in [6.45, 7) is 3.10. The molecule has 4 nitrogen and oxygen atoms in total. The lowest BCUT2D eigenvalue weighted by Gasteiger charge is -2.24. The van der Waals surface area contributed by atoms with E-state index in [2.05, 4.69) is 5.10 Å². The van der Waals surface area contributed by atoms with Crippen molar-refractivity contribution in [3.8, 4) is 0 Å². The quantitative estimate of drug-likeness (QED) is 0.836. The second-order valence-electron chi connectivity index (χ2n) is 6.25. The van der Waals surface area contributed by atoms with Gasteiger partial charge >= 0.3 is 0 Å². The summed E-state index contributed by atoms with van der Waals surface area (Å²) in [5, 5.41) is 6.16. The maximum Gasteiger partial charge on any atom is 0.257 e. The summed E-state index contributed by atoms with van der Waals surface area (Å²) >= 11 is 0. The number of amides is 1. The van der Waals surface area contributed by atoms with Gasteiger partial charge in [0.2, 0.25) is 0 Å². The molecule has 0 spiro atoms. The summed E-state index contributed by atoms with van der Waals surface area (Å²) in [6, 6.07) is 16.0. The average molecular weight is 339 g/mol. The Kier molecular flexibility index (Phi) is 5.24. The van der Waals surface area contributed by atoms with E-state index in [1.807, 2.05) is 49.2 Å². The third kappa shape index (κ3) is 3.94. The van der Waals surface area contributed by atoms with Gasteiger partial charge in [0, 0.05) is 6.42 Å². The Morgan fingerprint density at radius 2 is 1.88 bits per heavy atom. The van der Waals surface area contributed by atoms with Crippen molar-refractivity contribution in [2.75, 3.05) is 20.1 Å². The van der Waals surface area contributed by atoms with Gasteiger partial charge in [-0.3, -0.25) is 9.69 Å². The minimum atomic E-state index is -0.283. The number of hydrogen-bond donors (Lipinski definition) is 0. The SMILES string of the molecule is CCN(C)CC(=O)N1N=C(c2ccccc2)CC1c1ccc(F)cc1. The van der Waals surface area contributed by atoms with Crippen molar-refractivity contribution in [1.29, 1.82) is 0 Å². The first-order valence-corrected chi connectivity index (χ1v) is 8.47. The molecule has 5 heteroatoms. The fourth-order valence-corrected chi connectivity index (χ4v) is 2.91. The molecule has 0 saturated heterocycles. The molecule has 0 N–H and O–H groups in total. The van der Waals surface area contributed by atoms with Crippen LogP contribution in [0.5, 0.6) is 0 Å². The predicted octanol–water partition coefficient (Wildman–Crippen LogP) is 3.46. The van der Waals surface area contributed by atoms with Gasteiger partial charge in [0.25, 0.3) is 5.91 Å². The normalized spacial score (nSPS) is 17.0. The fraction of sp³-hybridized carbons (Fsp3) is 0.300. The van der Waals surface area contributed by atoms with Crippen LogP contribution in [-0.4, -0.2) is 41.7 Å². The number of carbonyl (C=O) groups is 1. The number of hydrazone groups is 1. The van der Waals surface area contributed by atoms with E-state index in [0.29, 0.717) is 13.0 Å². The van der Waals surface area contributed by atoms with E-state index in [1.54, 1.807) is 17.1 Å². The number of rotatable bonds is 5. The van der Waals surface area contributed by atoms with Gasteiger partial charge in [-0.1, -0.05) is 49.4 Å². The lowest BCUT2D eigenvalue weighted by Crippen LogP contribution is -2.36. The molecule has 1 unspecified atom stereocenters. The first-order valence-electron chi connectivity index (χ1n) is 8.47. The monoisotopic (exact) mass is 339 g/mol. The standard InChI is InChI=1S/C20H22FN3O/c1-3-23(2)14-20(25)24-19(16-9-11-17(21)12-10-16)13-18(22-24)15-7-5-4-6-8-15/h4-12,19H,3,13-14H2,1-2H3. The van der Waals surface area contributed by atoms with Crippen molar-refractivity contribution in [2.24, 2.45) is 5.10 Å². The summed E-state index contributed by atoms with van der Waals surface area (Å²) in [5.41, 5.74) is 2.78. The topological polar surface area (TPSA) is 35.9 Å². The van der Waals surface area contributed by atoms with Gasteiger partial charge in [-0.05, 0) is 36.9 Å². The van der Waals surface area contributed by atoms with E-state index in [9.17, 15) is 9.18 Å². The van der Waals surface area contributed by atoms with Gasteiger partial charge in [0.15, 0.2) is 0 Å². The van der Waals surface area contributed by atoms with E-state index in [-0.39, 0.29) is 17.8 Å². The van der Waals surface area contributed by atoms with E-state index >= 15 is 0 Å². The fourth-order valence-electron chi connectivity index (χ4n) is 2.91. The van der Waals surface area contributed by atoms with Crippen LogP contribution in [0.15, 0.2) is 59.7 Å². The van der Waals surface area contributed by atoms with Crippen molar-refractivity contribution in [3.63, 3.8) is 0 Å². The molecule has 2 aromatic rings. The Morgan fingerprint density at radius 3 is 2.52 bits per heavy atom. The highest BCUT2D eigenvalue weighted by Crippen LogP contribution is 2.32. The van der Waals surface area contributed by atoms with Gasteiger partial charge in [-0.2, -0.15) is 5.10 Å². The molecule has 0 aliphatic carbocycles. The van der Waals surface area contributed by atoms with E-state index < -0.39 is 0 Å². The Hall–Kier alpha value is -2.53. The van der Waals surface area contributed by atoms with Crippen LogP contribution >= 0.6 is 0 Å². The van der Waals surface area contributed by atoms with Crippen LogP contribution in [-0.2, 0) is 4.79 Å². The third-order valence-corrected chi connectivity index (χ3v) is 4.47. The van der Waals surface area contributed by atoms with Crippen LogP contribution in [0.25, 0.3) is 0 Å². The predicted molar refractivity (Wildman–Crippen MR) is 96.8 cm³/mol. The summed E-state index contributed by atoms with van der Waals surface area (Å²) in [5.74, 6) is -0.334. The Bertz CT molecular complexity index is 758. The minimum absolute atomic E-state index is 0.0513. The number of benzene rings is 2. The van der Waals surface area contributed by atoms with Crippen molar-refractivity contribution >= 4 is 11.6 Å². The molecule has 25 heavy (non-hydrogen) atoms. The van der Waals surface area contributed by atoms with Gasteiger partial charge in [0.1, 0.15) is 5.82 Å². The second-order valence-corrected chi connectivity index (χ2v) is 6.25. The number of likely N-dealkylation sites (N-methyl/N-ethyl adjacent to an activating group) is 1. The molecule has 1 heterocycles. The Balaban J connectivity index is 1.90. The number of halogens is 1.